The largest absolute Gasteiger partial charge is 0.478 e. The third-order valence-electron chi connectivity index (χ3n) is 3.02. The van der Waals surface area contributed by atoms with Crippen molar-refractivity contribution in [3.05, 3.63) is 23.3 Å². The SMILES string of the molecule is [B]Cc1cc(CC)c2c(c1)NC(=O)C(CC)O2. The minimum Gasteiger partial charge on any atom is -0.478 e. The lowest BCUT2D eigenvalue weighted by atomic mass is 9.93. The molecule has 0 bridgehead atoms. The Hall–Kier alpha value is -1.45. The van der Waals surface area contributed by atoms with Gasteiger partial charge in [-0.2, -0.15) is 0 Å². The molecule has 0 aliphatic carbocycles. The van der Waals surface area contributed by atoms with Gasteiger partial charge in [-0.25, -0.2) is 0 Å². The van der Waals surface area contributed by atoms with Crippen LogP contribution >= 0.6 is 0 Å². The molecule has 1 amide bonds. The summed E-state index contributed by atoms with van der Waals surface area (Å²) in [6.07, 6.45) is 1.62. The van der Waals surface area contributed by atoms with Crippen LogP contribution in [0.5, 0.6) is 5.75 Å². The molecule has 3 nitrogen and oxygen atoms in total. The van der Waals surface area contributed by atoms with E-state index in [1.165, 1.54) is 0 Å². The molecule has 1 N–H and O–H groups in total. The molecule has 1 aromatic rings. The Morgan fingerprint density at radius 1 is 1.41 bits per heavy atom. The topological polar surface area (TPSA) is 38.3 Å². The maximum atomic E-state index is 11.7. The zero-order valence-corrected chi connectivity index (χ0v) is 10.2. The lowest BCUT2D eigenvalue weighted by molar-refractivity contribution is -0.123. The van der Waals surface area contributed by atoms with Crippen molar-refractivity contribution in [1.29, 1.82) is 0 Å². The van der Waals surface area contributed by atoms with Gasteiger partial charge in [0.25, 0.3) is 5.91 Å². The average Bonchev–Trinajstić information content (AvgIpc) is 2.36. The first kappa shape index (κ1) is 12.0. The second kappa shape index (κ2) is 4.82. The van der Waals surface area contributed by atoms with Crippen LogP contribution in [-0.2, 0) is 17.5 Å². The minimum absolute atomic E-state index is 0.0729. The minimum atomic E-state index is -0.378. The number of ether oxygens (including phenoxy) is 1. The highest BCUT2D eigenvalue weighted by Crippen LogP contribution is 2.35. The number of rotatable bonds is 3. The van der Waals surface area contributed by atoms with E-state index in [0.717, 1.165) is 29.0 Å². The van der Waals surface area contributed by atoms with Crippen molar-refractivity contribution < 1.29 is 9.53 Å². The Bertz CT molecular complexity index is 445. The van der Waals surface area contributed by atoms with Crippen LogP contribution in [-0.4, -0.2) is 19.9 Å². The van der Waals surface area contributed by atoms with Crippen LogP contribution in [0.4, 0.5) is 5.69 Å². The van der Waals surface area contributed by atoms with Gasteiger partial charge >= 0.3 is 0 Å². The summed E-state index contributed by atoms with van der Waals surface area (Å²) in [5.74, 6) is 0.729. The van der Waals surface area contributed by atoms with Crippen LogP contribution in [0.1, 0.15) is 31.4 Å². The normalized spacial score (nSPS) is 18.2. The quantitative estimate of drug-likeness (QED) is 0.805. The van der Waals surface area contributed by atoms with Gasteiger partial charge in [0.15, 0.2) is 6.10 Å². The third-order valence-corrected chi connectivity index (χ3v) is 3.02. The molecule has 2 radical (unpaired) electrons. The predicted molar refractivity (Wildman–Crippen MR) is 68.6 cm³/mol. The molecule has 4 heteroatoms. The molecule has 1 atom stereocenters. The maximum Gasteiger partial charge on any atom is 0.265 e. The molecule has 88 valence electrons. The summed E-state index contributed by atoms with van der Waals surface area (Å²) in [6, 6.07) is 3.93. The van der Waals surface area contributed by atoms with Gasteiger partial charge < -0.3 is 10.1 Å². The lowest BCUT2D eigenvalue weighted by Crippen LogP contribution is -2.36. The number of hydrogen-bond donors (Lipinski definition) is 1. The summed E-state index contributed by atoms with van der Waals surface area (Å²) >= 11 is 0. The van der Waals surface area contributed by atoms with Crippen molar-refractivity contribution in [1.82, 2.24) is 0 Å². The Morgan fingerprint density at radius 3 is 2.76 bits per heavy atom. The summed E-state index contributed by atoms with van der Waals surface area (Å²) in [5.41, 5.74) is 2.86. The van der Waals surface area contributed by atoms with Crippen molar-refractivity contribution in [2.45, 2.75) is 39.1 Å². The second-order valence-electron chi connectivity index (χ2n) is 4.19. The summed E-state index contributed by atoms with van der Waals surface area (Å²) in [4.78, 5) is 11.7. The summed E-state index contributed by atoms with van der Waals surface area (Å²) in [7, 11) is 5.64. The highest BCUT2D eigenvalue weighted by Gasteiger charge is 2.27. The van der Waals surface area contributed by atoms with Gasteiger partial charge in [-0.1, -0.05) is 31.8 Å². The van der Waals surface area contributed by atoms with E-state index < -0.39 is 0 Å². The van der Waals surface area contributed by atoms with Crippen LogP contribution < -0.4 is 10.1 Å². The number of nitrogens with one attached hydrogen (secondary N) is 1. The Labute approximate surface area is 103 Å². The Balaban J connectivity index is 2.45. The van der Waals surface area contributed by atoms with Crippen molar-refractivity contribution >= 4 is 19.4 Å². The molecule has 1 heterocycles. The number of carbonyl (C=O) groups is 1. The van der Waals surface area contributed by atoms with Crippen molar-refractivity contribution in [3.63, 3.8) is 0 Å². The number of benzene rings is 1. The van der Waals surface area contributed by atoms with Gasteiger partial charge in [-0.3, -0.25) is 4.79 Å². The first-order chi connectivity index (χ1) is 8.19. The van der Waals surface area contributed by atoms with E-state index in [4.69, 9.17) is 12.6 Å². The molecule has 1 aliphatic heterocycles. The molecule has 0 fully saturated rings. The standard InChI is InChI=1S/C13H16BNO2/c1-3-9-5-8(7-14)6-10-12(9)17-11(4-2)13(16)15-10/h5-6,11H,3-4,7H2,1-2H3,(H,15,16). The third kappa shape index (κ3) is 2.16. The fraction of sp³-hybridized carbons (Fsp3) is 0.462. The number of fused-ring (bicyclic) bond motifs is 1. The Morgan fingerprint density at radius 2 is 2.18 bits per heavy atom. The van der Waals surface area contributed by atoms with E-state index in [9.17, 15) is 4.79 Å². The van der Waals surface area contributed by atoms with E-state index in [2.05, 4.69) is 12.2 Å². The molecular formula is C13H16BNO2. The summed E-state index contributed by atoms with van der Waals surface area (Å²) < 4.78 is 5.76. The first-order valence-corrected chi connectivity index (χ1v) is 6.03. The van der Waals surface area contributed by atoms with E-state index >= 15 is 0 Å². The highest BCUT2D eigenvalue weighted by atomic mass is 16.5. The number of hydrogen-bond acceptors (Lipinski definition) is 2. The number of amides is 1. The zero-order chi connectivity index (χ0) is 12.4. The van der Waals surface area contributed by atoms with Crippen LogP contribution in [0.2, 0.25) is 0 Å². The fourth-order valence-electron chi connectivity index (χ4n) is 2.05. The Kier molecular flexibility index (Phi) is 3.41. The number of carbonyl (C=O) groups excluding carboxylic acids is 1. The van der Waals surface area contributed by atoms with Crippen molar-refractivity contribution in [2.75, 3.05) is 5.32 Å². The van der Waals surface area contributed by atoms with Gasteiger partial charge in [0.1, 0.15) is 5.75 Å². The molecule has 0 spiro atoms. The van der Waals surface area contributed by atoms with Gasteiger partial charge in [0.2, 0.25) is 0 Å². The highest BCUT2D eigenvalue weighted by molar-refractivity contribution is 6.08. The maximum absolute atomic E-state index is 11.7. The molecule has 17 heavy (non-hydrogen) atoms. The molecular weight excluding hydrogens is 213 g/mol. The van der Waals surface area contributed by atoms with E-state index in [0.29, 0.717) is 12.7 Å². The number of anilines is 1. The molecule has 0 saturated carbocycles. The monoisotopic (exact) mass is 229 g/mol. The molecule has 1 unspecified atom stereocenters. The molecule has 1 aromatic carbocycles. The predicted octanol–water partition coefficient (Wildman–Crippen LogP) is 2.03. The van der Waals surface area contributed by atoms with E-state index in [1.807, 2.05) is 19.1 Å². The number of aryl methyl sites for hydroxylation is 1. The van der Waals surface area contributed by atoms with Gasteiger partial charge in [-0.05, 0) is 24.5 Å². The van der Waals surface area contributed by atoms with Gasteiger partial charge in [0.05, 0.1) is 13.5 Å². The van der Waals surface area contributed by atoms with Gasteiger partial charge in [-0.15, -0.1) is 0 Å². The summed E-state index contributed by atoms with van der Waals surface area (Å²) in [5, 5.41) is 2.89. The lowest BCUT2D eigenvalue weighted by Gasteiger charge is -2.27. The van der Waals surface area contributed by atoms with Crippen LogP contribution in [0.15, 0.2) is 12.1 Å². The van der Waals surface area contributed by atoms with Crippen LogP contribution in [0, 0.1) is 0 Å². The van der Waals surface area contributed by atoms with Crippen molar-refractivity contribution in [2.24, 2.45) is 0 Å². The summed E-state index contributed by atoms with van der Waals surface area (Å²) in [6.45, 7) is 4.01. The molecule has 1 aliphatic rings. The zero-order valence-electron chi connectivity index (χ0n) is 10.2. The smallest absolute Gasteiger partial charge is 0.265 e. The van der Waals surface area contributed by atoms with Crippen LogP contribution in [0.3, 0.4) is 0 Å². The second-order valence-corrected chi connectivity index (χ2v) is 4.19. The first-order valence-electron chi connectivity index (χ1n) is 6.03. The van der Waals surface area contributed by atoms with E-state index in [-0.39, 0.29) is 12.0 Å². The van der Waals surface area contributed by atoms with Crippen molar-refractivity contribution in [3.8, 4) is 5.75 Å². The van der Waals surface area contributed by atoms with Crippen LogP contribution in [0.25, 0.3) is 0 Å². The fourth-order valence-corrected chi connectivity index (χ4v) is 2.05. The molecule has 0 aromatic heterocycles. The molecule has 2 rings (SSSR count). The molecule has 0 saturated heterocycles. The van der Waals surface area contributed by atoms with Gasteiger partial charge in [0, 0.05) is 0 Å². The average molecular weight is 229 g/mol. The van der Waals surface area contributed by atoms with E-state index in [1.54, 1.807) is 0 Å².